The van der Waals surface area contributed by atoms with E-state index in [0.717, 1.165) is 35.1 Å². The summed E-state index contributed by atoms with van der Waals surface area (Å²) < 4.78 is 5.65. The number of aliphatic carboxylic acids is 1. The highest BCUT2D eigenvalue weighted by Gasteiger charge is 2.56. The number of carbonyl (C=O) groups excluding carboxylic acids is 2. The third-order valence-corrected chi connectivity index (χ3v) is 8.12. The van der Waals surface area contributed by atoms with Crippen LogP contribution in [0.1, 0.15) is 56.1 Å². The Morgan fingerprint density at radius 1 is 1.11 bits per heavy atom. The molecule has 2 aromatic carbocycles. The van der Waals surface area contributed by atoms with Gasteiger partial charge >= 0.3 is 12.1 Å². The zero-order chi connectivity index (χ0) is 24.6. The quantitative estimate of drug-likeness (QED) is 0.617. The first-order valence-corrected chi connectivity index (χ1v) is 12.6. The molecule has 0 bridgehead atoms. The number of hydrogen-bond donors (Lipinski definition) is 2. The second kappa shape index (κ2) is 9.36. The molecule has 1 saturated carbocycles. The molecule has 2 fully saturated rings. The van der Waals surface area contributed by atoms with Gasteiger partial charge in [0.05, 0.1) is 5.41 Å². The standard InChI is InChI=1S/C28H32N2O5/c1-2-8-24(25(31)30-15-18-9-7-14-28(18,17-30)26(32)33)29-27(34)35-16-23-21-12-5-3-10-19(21)20-11-4-6-13-22(20)23/h3-6,10-13,18,23-24H,2,7-9,14-17H2,1H3,(H,29,34)(H,32,33)/t18-,24-,28-/m0/s1. The Bertz CT molecular complexity index is 1100. The highest BCUT2D eigenvalue weighted by Crippen LogP contribution is 2.49. The van der Waals surface area contributed by atoms with E-state index in [4.69, 9.17) is 4.74 Å². The summed E-state index contributed by atoms with van der Waals surface area (Å²) in [6, 6.07) is 15.6. The minimum Gasteiger partial charge on any atom is -0.481 e. The van der Waals surface area contributed by atoms with Crippen molar-refractivity contribution in [3.05, 3.63) is 59.7 Å². The first kappa shape index (κ1) is 23.4. The Balaban J connectivity index is 1.24. The van der Waals surface area contributed by atoms with Crippen LogP contribution in [-0.2, 0) is 14.3 Å². The molecule has 2 aliphatic carbocycles. The van der Waals surface area contributed by atoms with Crippen molar-refractivity contribution in [3.8, 4) is 11.1 Å². The van der Waals surface area contributed by atoms with E-state index in [1.807, 2.05) is 31.2 Å². The topological polar surface area (TPSA) is 95.9 Å². The molecule has 5 rings (SSSR count). The Morgan fingerprint density at radius 2 is 1.77 bits per heavy atom. The maximum Gasteiger partial charge on any atom is 0.407 e. The molecule has 35 heavy (non-hydrogen) atoms. The van der Waals surface area contributed by atoms with E-state index in [1.54, 1.807) is 4.90 Å². The minimum atomic E-state index is -0.837. The maximum absolute atomic E-state index is 13.3. The van der Waals surface area contributed by atoms with Crippen LogP contribution in [0.25, 0.3) is 11.1 Å². The number of amides is 2. The molecular formula is C28H32N2O5. The summed E-state index contributed by atoms with van der Waals surface area (Å²) in [5.74, 6) is -1.09. The highest BCUT2D eigenvalue weighted by atomic mass is 16.5. The summed E-state index contributed by atoms with van der Waals surface area (Å²) in [5, 5.41) is 12.6. The van der Waals surface area contributed by atoms with Crippen LogP contribution in [0.2, 0.25) is 0 Å². The molecule has 2 amide bonds. The second-order valence-corrected chi connectivity index (χ2v) is 10.1. The fourth-order valence-electron chi connectivity index (χ4n) is 6.36. The van der Waals surface area contributed by atoms with E-state index in [2.05, 4.69) is 29.6 Å². The van der Waals surface area contributed by atoms with Gasteiger partial charge in [-0.15, -0.1) is 0 Å². The predicted molar refractivity (Wildman–Crippen MR) is 131 cm³/mol. The predicted octanol–water partition coefficient (Wildman–Crippen LogP) is 4.41. The molecule has 184 valence electrons. The summed E-state index contributed by atoms with van der Waals surface area (Å²) in [6.45, 7) is 2.80. The minimum absolute atomic E-state index is 0.0133. The van der Waals surface area contributed by atoms with Crippen LogP contribution in [0.3, 0.4) is 0 Å². The van der Waals surface area contributed by atoms with Gasteiger partial charge in [0, 0.05) is 19.0 Å². The van der Waals surface area contributed by atoms with Crippen molar-refractivity contribution in [2.45, 2.75) is 51.0 Å². The number of hydrogen-bond acceptors (Lipinski definition) is 4. The van der Waals surface area contributed by atoms with Crippen LogP contribution in [0, 0.1) is 11.3 Å². The lowest BCUT2D eigenvalue weighted by Crippen LogP contribution is -2.49. The van der Waals surface area contributed by atoms with E-state index >= 15 is 0 Å². The Labute approximate surface area is 205 Å². The average molecular weight is 477 g/mol. The average Bonchev–Trinajstić information content (AvgIpc) is 3.52. The van der Waals surface area contributed by atoms with E-state index < -0.39 is 23.5 Å². The number of ether oxygens (including phenoxy) is 1. The number of rotatable bonds is 7. The zero-order valence-corrected chi connectivity index (χ0v) is 20.0. The fourth-order valence-corrected chi connectivity index (χ4v) is 6.36. The number of benzene rings is 2. The fraction of sp³-hybridized carbons (Fsp3) is 0.464. The van der Waals surface area contributed by atoms with Gasteiger partial charge < -0.3 is 20.1 Å². The van der Waals surface area contributed by atoms with Crippen molar-refractivity contribution in [3.63, 3.8) is 0 Å². The van der Waals surface area contributed by atoms with E-state index in [-0.39, 0.29) is 30.9 Å². The van der Waals surface area contributed by atoms with Crippen LogP contribution in [0.5, 0.6) is 0 Å². The lowest BCUT2D eigenvalue weighted by Gasteiger charge is -2.26. The second-order valence-electron chi connectivity index (χ2n) is 10.1. The molecule has 1 aliphatic heterocycles. The largest absolute Gasteiger partial charge is 0.481 e. The van der Waals surface area contributed by atoms with Gasteiger partial charge in [-0.25, -0.2) is 4.79 Å². The van der Waals surface area contributed by atoms with Gasteiger partial charge in [0.15, 0.2) is 0 Å². The third kappa shape index (κ3) is 4.07. The third-order valence-electron chi connectivity index (χ3n) is 8.12. The number of carboxylic acids is 1. The molecule has 3 atom stereocenters. The number of nitrogens with zero attached hydrogens (tertiary/aromatic N) is 1. The number of alkyl carbamates (subject to hydrolysis) is 1. The molecule has 1 saturated heterocycles. The van der Waals surface area contributed by atoms with Crippen molar-refractivity contribution >= 4 is 18.0 Å². The summed E-state index contributed by atoms with van der Waals surface area (Å²) in [6.07, 6.45) is 2.88. The Morgan fingerprint density at radius 3 is 2.37 bits per heavy atom. The van der Waals surface area contributed by atoms with Gasteiger partial charge in [-0.05, 0) is 47.4 Å². The molecule has 0 unspecified atom stereocenters. The van der Waals surface area contributed by atoms with Gasteiger partial charge in [-0.2, -0.15) is 0 Å². The van der Waals surface area contributed by atoms with Crippen LogP contribution < -0.4 is 5.32 Å². The lowest BCUT2D eigenvalue weighted by atomic mass is 9.81. The van der Waals surface area contributed by atoms with E-state index in [1.165, 1.54) is 0 Å². The molecule has 2 aromatic rings. The Kier molecular flexibility index (Phi) is 6.26. The van der Waals surface area contributed by atoms with Gasteiger partial charge in [-0.3, -0.25) is 9.59 Å². The smallest absolute Gasteiger partial charge is 0.407 e. The number of likely N-dealkylation sites (tertiary alicyclic amines) is 1. The van der Waals surface area contributed by atoms with Crippen LogP contribution in [0.15, 0.2) is 48.5 Å². The summed E-state index contributed by atoms with van der Waals surface area (Å²) in [4.78, 5) is 39.8. The summed E-state index contributed by atoms with van der Waals surface area (Å²) in [5.41, 5.74) is 3.73. The van der Waals surface area contributed by atoms with Crippen molar-refractivity contribution in [1.82, 2.24) is 10.2 Å². The van der Waals surface area contributed by atoms with Crippen molar-refractivity contribution in [2.24, 2.45) is 11.3 Å². The number of carboxylic acid groups (broad SMARTS) is 1. The van der Waals surface area contributed by atoms with Crippen molar-refractivity contribution in [2.75, 3.05) is 19.7 Å². The molecule has 3 aliphatic rings. The molecule has 0 radical (unpaired) electrons. The summed E-state index contributed by atoms with van der Waals surface area (Å²) in [7, 11) is 0. The number of carbonyl (C=O) groups is 3. The molecule has 7 heteroatoms. The SMILES string of the molecule is CCC[C@H](NC(=O)OCC1c2ccccc2-c2ccccc21)C(=O)N1C[C@@H]2CCC[C@]2(C(=O)O)C1. The highest BCUT2D eigenvalue weighted by molar-refractivity contribution is 5.87. The maximum atomic E-state index is 13.3. The lowest BCUT2D eigenvalue weighted by molar-refractivity contribution is -0.149. The number of nitrogens with one attached hydrogen (secondary N) is 1. The normalized spacial score (nSPS) is 23.3. The number of fused-ring (bicyclic) bond motifs is 4. The van der Waals surface area contributed by atoms with Gasteiger partial charge in [0.2, 0.25) is 5.91 Å². The molecule has 0 spiro atoms. The van der Waals surface area contributed by atoms with Crippen LogP contribution in [-0.4, -0.2) is 53.7 Å². The van der Waals surface area contributed by atoms with Crippen LogP contribution >= 0.6 is 0 Å². The van der Waals surface area contributed by atoms with Crippen molar-refractivity contribution in [1.29, 1.82) is 0 Å². The molecular weight excluding hydrogens is 444 g/mol. The molecule has 7 nitrogen and oxygen atoms in total. The van der Waals surface area contributed by atoms with E-state index in [9.17, 15) is 19.5 Å². The zero-order valence-electron chi connectivity index (χ0n) is 20.0. The molecule has 1 heterocycles. The first-order valence-electron chi connectivity index (χ1n) is 12.6. The monoisotopic (exact) mass is 476 g/mol. The van der Waals surface area contributed by atoms with Crippen LogP contribution in [0.4, 0.5) is 4.79 Å². The van der Waals surface area contributed by atoms with Gasteiger partial charge in [0.1, 0.15) is 12.6 Å². The molecule has 0 aromatic heterocycles. The Hall–Kier alpha value is -3.35. The van der Waals surface area contributed by atoms with Gasteiger partial charge in [0.25, 0.3) is 0 Å². The molecule has 2 N–H and O–H groups in total. The first-order chi connectivity index (χ1) is 16.9. The van der Waals surface area contributed by atoms with Gasteiger partial charge in [-0.1, -0.05) is 68.3 Å². The van der Waals surface area contributed by atoms with Crippen molar-refractivity contribution < 1.29 is 24.2 Å². The van der Waals surface area contributed by atoms with E-state index in [0.29, 0.717) is 25.8 Å². The summed E-state index contributed by atoms with van der Waals surface area (Å²) >= 11 is 0.